The van der Waals surface area contributed by atoms with Crippen molar-refractivity contribution in [1.29, 1.82) is 0 Å². The number of nitrogens with zero attached hydrogens (tertiary/aromatic N) is 2. The van der Waals surface area contributed by atoms with Gasteiger partial charge in [0.05, 0.1) is 17.2 Å². The van der Waals surface area contributed by atoms with Crippen LogP contribution in [0, 0.1) is 5.92 Å². The number of nitrogens with two attached hydrogens (primary N) is 1. The smallest absolute Gasteiger partial charge is 0.338 e. The van der Waals surface area contributed by atoms with E-state index in [1.807, 2.05) is 25.1 Å². The molecule has 0 amide bonds. The Morgan fingerprint density at radius 3 is 2.23 bits per heavy atom. The first-order valence-electron chi connectivity index (χ1n) is 16.6. The minimum atomic E-state index is -0.358. The molecule has 2 aromatic rings. The van der Waals surface area contributed by atoms with Gasteiger partial charge in [-0.3, -0.25) is 14.6 Å². The minimum absolute atomic E-state index is 0.223. The van der Waals surface area contributed by atoms with Crippen LogP contribution in [-0.4, -0.2) is 67.2 Å². The van der Waals surface area contributed by atoms with Gasteiger partial charge in [0, 0.05) is 30.1 Å². The lowest BCUT2D eigenvalue weighted by molar-refractivity contribution is -0.145. The van der Waals surface area contributed by atoms with Crippen LogP contribution in [0.4, 0.5) is 5.69 Å². The summed E-state index contributed by atoms with van der Waals surface area (Å²) in [7, 11) is 0. The molecule has 0 heterocycles. The average molecular weight is 673 g/mol. The third kappa shape index (κ3) is 11.2. The molecule has 0 bridgehead atoms. The Bertz CT molecular complexity index is 1180. The second kappa shape index (κ2) is 18.5. The number of anilines is 1. The number of ether oxygens (including phenoxy) is 2. The fraction of sp³-hybridized carbons (Fsp3) is 0.611. The van der Waals surface area contributed by atoms with E-state index < -0.39 is 0 Å². The number of esters is 2. The maximum Gasteiger partial charge on any atom is 0.338 e. The van der Waals surface area contributed by atoms with Gasteiger partial charge >= 0.3 is 11.9 Å². The maximum absolute atomic E-state index is 13.1. The Kier molecular flexibility index (Phi) is 15.2. The Balaban J connectivity index is 1.48. The average Bonchev–Trinajstić information content (AvgIpc) is 3.01. The molecule has 2 aromatic carbocycles. The number of hydrogen-bond acceptors (Lipinski definition) is 7. The van der Waals surface area contributed by atoms with Crippen molar-refractivity contribution < 1.29 is 19.1 Å². The molecule has 1 saturated carbocycles. The molecule has 1 aliphatic rings. The number of halogens is 1. The fourth-order valence-electron chi connectivity index (χ4n) is 6.04. The summed E-state index contributed by atoms with van der Waals surface area (Å²) in [6, 6.07) is 12.5. The van der Waals surface area contributed by atoms with Crippen LogP contribution in [-0.2, 0) is 27.2 Å². The molecule has 3 rings (SSSR count). The largest absolute Gasteiger partial charge is 0.464 e. The summed E-state index contributed by atoms with van der Waals surface area (Å²) in [6.07, 6.45) is 8.27. The number of carbonyl (C=O) groups excluding carboxylic acids is 2. The topological polar surface area (TPSA) is 85.1 Å². The molecule has 44 heavy (non-hydrogen) atoms. The predicted octanol–water partition coefficient (Wildman–Crippen LogP) is 7.60. The molecule has 8 heteroatoms. The van der Waals surface area contributed by atoms with Crippen LogP contribution in [0.25, 0.3) is 0 Å². The van der Waals surface area contributed by atoms with Crippen LogP contribution in [0.15, 0.2) is 40.9 Å². The molecule has 1 fully saturated rings. The molecule has 1 aliphatic carbocycles. The van der Waals surface area contributed by atoms with Crippen LogP contribution >= 0.6 is 15.9 Å². The quantitative estimate of drug-likeness (QED) is 0.137. The van der Waals surface area contributed by atoms with E-state index in [2.05, 4.69) is 65.6 Å². The first kappa shape index (κ1) is 36.1. The SMILES string of the molecule is CCCN(CCOC(=O)c1cc(Br)c(N)c(CN(CC)C2CCCCC2)c1)CCOC(=O)C(C)c1ccc(CC(C)C)cc1. The maximum atomic E-state index is 13.1. The summed E-state index contributed by atoms with van der Waals surface area (Å²) in [4.78, 5) is 30.4. The highest BCUT2D eigenvalue weighted by atomic mass is 79.9. The molecule has 1 unspecified atom stereocenters. The Morgan fingerprint density at radius 2 is 1.61 bits per heavy atom. The standard InChI is InChI=1S/C36H54BrN3O4/c1-6-17-39(18-20-43-35(41)27(5)29-15-13-28(14-16-29)22-26(3)4)19-21-44-36(42)30-23-31(34(38)33(37)24-30)25-40(7-2)32-11-9-8-10-12-32/h13-16,23-24,26-27,32H,6-12,17-22,25,38H2,1-5H3. The second-order valence-corrected chi connectivity index (χ2v) is 13.4. The molecule has 0 aliphatic heterocycles. The summed E-state index contributed by atoms with van der Waals surface area (Å²) >= 11 is 3.56. The normalized spacial score (nSPS) is 14.8. The number of nitrogen functional groups attached to an aromatic ring is 1. The highest BCUT2D eigenvalue weighted by Crippen LogP contribution is 2.30. The lowest BCUT2D eigenvalue weighted by Crippen LogP contribution is -2.36. The van der Waals surface area contributed by atoms with Crippen LogP contribution in [0.2, 0.25) is 0 Å². The predicted molar refractivity (Wildman–Crippen MR) is 183 cm³/mol. The van der Waals surface area contributed by atoms with Gasteiger partial charge < -0.3 is 15.2 Å². The first-order valence-corrected chi connectivity index (χ1v) is 17.4. The van der Waals surface area contributed by atoms with E-state index in [0.717, 1.165) is 48.1 Å². The van der Waals surface area contributed by atoms with Crippen molar-refractivity contribution in [3.8, 4) is 0 Å². The number of rotatable bonds is 17. The van der Waals surface area contributed by atoms with E-state index >= 15 is 0 Å². The van der Waals surface area contributed by atoms with Crippen molar-refractivity contribution >= 4 is 33.6 Å². The van der Waals surface area contributed by atoms with E-state index in [4.69, 9.17) is 15.2 Å². The first-order chi connectivity index (χ1) is 21.1. The molecule has 0 aromatic heterocycles. The zero-order valence-corrected chi connectivity index (χ0v) is 29.2. The monoisotopic (exact) mass is 671 g/mol. The van der Waals surface area contributed by atoms with E-state index in [1.54, 1.807) is 6.07 Å². The number of carbonyl (C=O) groups is 2. The van der Waals surface area contributed by atoms with E-state index in [-0.39, 0.29) is 24.5 Å². The summed E-state index contributed by atoms with van der Waals surface area (Å²) in [5, 5.41) is 0. The molecule has 7 nitrogen and oxygen atoms in total. The van der Waals surface area contributed by atoms with Gasteiger partial charge in [-0.05, 0) is 96.4 Å². The van der Waals surface area contributed by atoms with Crippen molar-refractivity contribution in [2.75, 3.05) is 45.1 Å². The van der Waals surface area contributed by atoms with Crippen molar-refractivity contribution in [2.24, 2.45) is 5.92 Å². The zero-order valence-electron chi connectivity index (χ0n) is 27.6. The van der Waals surface area contributed by atoms with Gasteiger partial charge in [-0.15, -0.1) is 0 Å². The lowest BCUT2D eigenvalue weighted by atomic mass is 9.93. The van der Waals surface area contributed by atoms with Crippen molar-refractivity contribution in [2.45, 2.75) is 98.1 Å². The molecule has 2 N–H and O–H groups in total. The molecular weight excluding hydrogens is 618 g/mol. The van der Waals surface area contributed by atoms with Gasteiger partial charge in [0.2, 0.25) is 0 Å². The minimum Gasteiger partial charge on any atom is -0.464 e. The lowest BCUT2D eigenvalue weighted by Gasteiger charge is -2.34. The van der Waals surface area contributed by atoms with Gasteiger partial charge in [-0.25, -0.2) is 4.79 Å². The van der Waals surface area contributed by atoms with E-state index in [1.165, 1.54) is 37.7 Å². The molecule has 0 radical (unpaired) electrons. The van der Waals surface area contributed by atoms with E-state index in [0.29, 0.717) is 42.9 Å². The summed E-state index contributed by atoms with van der Waals surface area (Å²) < 4.78 is 12.1. The van der Waals surface area contributed by atoms with Crippen LogP contribution < -0.4 is 5.73 Å². The molecule has 1 atom stereocenters. The summed E-state index contributed by atoms with van der Waals surface area (Å²) in [5.74, 6) is -0.304. The van der Waals surface area contributed by atoms with Crippen molar-refractivity contribution in [3.05, 3.63) is 63.1 Å². The van der Waals surface area contributed by atoms with E-state index in [9.17, 15) is 9.59 Å². The van der Waals surface area contributed by atoms with Gasteiger partial charge in [-0.1, -0.05) is 71.2 Å². The van der Waals surface area contributed by atoms with Crippen LogP contribution in [0.1, 0.15) is 106 Å². The highest BCUT2D eigenvalue weighted by Gasteiger charge is 2.22. The van der Waals surface area contributed by atoms with Crippen molar-refractivity contribution in [3.63, 3.8) is 0 Å². The summed E-state index contributed by atoms with van der Waals surface area (Å²) in [6.45, 7) is 14.8. The molecule has 244 valence electrons. The Labute approximate surface area is 274 Å². The number of benzene rings is 2. The highest BCUT2D eigenvalue weighted by molar-refractivity contribution is 9.10. The molecule has 0 spiro atoms. The van der Waals surface area contributed by atoms with Crippen molar-refractivity contribution in [1.82, 2.24) is 9.80 Å². The number of hydrogen-bond donors (Lipinski definition) is 1. The van der Waals surface area contributed by atoms with Gasteiger partial charge in [0.15, 0.2) is 0 Å². The fourth-order valence-corrected chi connectivity index (χ4v) is 6.54. The molecule has 0 saturated heterocycles. The van der Waals surface area contributed by atoms with Crippen LogP contribution in [0.3, 0.4) is 0 Å². The van der Waals surface area contributed by atoms with Gasteiger partial charge in [-0.2, -0.15) is 0 Å². The van der Waals surface area contributed by atoms with Crippen LogP contribution in [0.5, 0.6) is 0 Å². The third-order valence-corrected chi connectivity index (χ3v) is 9.29. The van der Waals surface area contributed by atoms with Gasteiger partial charge in [0.1, 0.15) is 13.2 Å². The third-order valence-electron chi connectivity index (χ3n) is 8.63. The molecular formula is C36H54BrN3O4. The Hall–Kier alpha value is -2.42. The van der Waals surface area contributed by atoms with Gasteiger partial charge in [0.25, 0.3) is 0 Å². The Morgan fingerprint density at radius 1 is 0.955 bits per heavy atom. The summed E-state index contributed by atoms with van der Waals surface area (Å²) in [5.41, 5.74) is 10.8. The zero-order chi connectivity index (χ0) is 32.1. The second-order valence-electron chi connectivity index (χ2n) is 12.6.